The molecule has 0 unspecified atom stereocenters. The monoisotopic (exact) mass is 362 g/mol. The molecule has 0 N–H and O–H groups in total. The first kappa shape index (κ1) is 14.6. The molecule has 0 radical (unpaired) electrons. The summed E-state index contributed by atoms with van der Waals surface area (Å²) < 4.78 is 3.36. The third-order valence-electron chi connectivity index (χ3n) is 3.57. The Labute approximate surface area is 137 Å². The van der Waals surface area contributed by atoms with Gasteiger partial charge in [-0.05, 0) is 30.2 Å². The smallest absolute Gasteiger partial charge is 0.111 e. The molecule has 0 aliphatic heterocycles. The number of alkyl halides is 1. The number of benzene rings is 2. The van der Waals surface area contributed by atoms with Crippen LogP contribution >= 0.6 is 27.5 Å². The van der Waals surface area contributed by atoms with E-state index in [1.165, 1.54) is 11.1 Å². The van der Waals surface area contributed by atoms with E-state index < -0.39 is 0 Å². The standard InChI is InChI=1S/C17H16BrClN2/c18-14-6-7-15-16(12-14)21(17(20-15)8-10-19)11-9-13-4-2-1-3-5-13/h1-7,12H,8-11H2. The van der Waals surface area contributed by atoms with E-state index in [2.05, 4.69) is 56.9 Å². The van der Waals surface area contributed by atoms with Crippen LogP contribution in [-0.4, -0.2) is 15.4 Å². The molecule has 0 bridgehead atoms. The Morgan fingerprint density at radius 1 is 1.05 bits per heavy atom. The average molecular weight is 364 g/mol. The summed E-state index contributed by atoms with van der Waals surface area (Å²) >= 11 is 9.47. The second-order valence-electron chi connectivity index (χ2n) is 4.99. The molecule has 0 saturated carbocycles. The van der Waals surface area contributed by atoms with Crippen molar-refractivity contribution in [2.24, 2.45) is 0 Å². The van der Waals surface area contributed by atoms with Crippen LogP contribution < -0.4 is 0 Å². The Balaban J connectivity index is 1.94. The lowest BCUT2D eigenvalue weighted by atomic mass is 10.1. The molecule has 0 aliphatic carbocycles. The highest BCUT2D eigenvalue weighted by molar-refractivity contribution is 9.10. The minimum Gasteiger partial charge on any atom is -0.328 e. The van der Waals surface area contributed by atoms with Gasteiger partial charge in [0.1, 0.15) is 5.82 Å². The van der Waals surface area contributed by atoms with Crippen LogP contribution in [0.1, 0.15) is 11.4 Å². The SMILES string of the molecule is ClCCc1nc2ccc(Br)cc2n1CCc1ccccc1. The zero-order valence-corrected chi connectivity index (χ0v) is 13.9. The predicted octanol–water partition coefficient (Wildman–Crippen LogP) is 4.82. The molecule has 4 heteroatoms. The van der Waals surface area contributed by atoms with Gasteiger partial charge in [-0.3, -0.25) is 0 Å². The molecule has 1 aromatic heterocycles. The maximum Gasteiger partial charge on any atom is 0.111 e. The Hall–Kier alpha value is -1.32. The van der Waals surface area contributed by atoms with E-state index in [9.17, 15) is 0 Å². The van der Waals surface area contributed by atoms with Crippen LogP contribution in [0.2, 0.25) is 0 Å². The van der Waals surface area contributed by atoms with Gasteiger partial charge in [-0.1, -0.05) is 46.3 Å². The highest BCUT2D eigenvalue weighted by atomic mass is 79.9. The molecule has 2 aromatic carbocycles. The van der Waals surface area contributed by atoms with E-state index in [4.69, 9.17) is 16.6 Å². The molecule has 3 aromatic rings. The lowest BCUT2D eigenvalue weighted by Crippen LogP contribution is -2.07. The number of nitrogens with zero attached hydrogens (tertiary/aromatic N) is 2. The van der Waals surface area contributed by atoms with E-state index >= 15 is 0 Å². The van der Waals surface area contributed by atoms with E-state index in [-0.39, 0.29) is 0 Å². The maximum atomic E-state index is 5.92. The lowest BCUT2D eigenvalue weighted by Gasteiger charge is -2.09. The summed E-state index contributed by atoms with van der Waals surface area (Å²) in [6.45, 7) is 0.920. The molecule has 0 saturated heterocycles. The van der Waals surface area contributed by atoms with Crippen molar-refractivity contribution in [3.05, 3.63) is 64.4 Å². The molecule has 0 atom stereocenters. The third kappa shape index (κ3) is 3.30. The molecule has 0 aliphatic rings. The van der Waals surface area contributed by atoms with E-state index in [0.29, 0.717) is 5.88 Å². The number of aromatic nitrogens is 2. The van der Waals surface area contributed by atoms with Crippen LogP contribution in [0.3, 0.4) is 0 Å². The fourth-order valence-corrected chi connectivity index (χ4v) is 3.07. The molecule has 108 valence electrons. The summed E-state index contributed by atoms with van der Waals surface area (Å²) in [6.07, 6.45) is 1.79. The number of rotatable bonds is 5. The third-order valence-corrected chi connectivity index (χ3v) is 4.26. The molecule has 21 heavy (non-hydrogen) atoms. The van der Waals surface area contributed by atoms with Gasteiger partial charge in [0.05, 0.1) is 11.0 Å². The maximum absolute atomic E-state index is 5.92. The van der Waals surface area contributed by atoms with Crippen LogP contribution in [0.15, 0.2) is 53.0 Å². The normalized spacial score (nSPS) is 11.1. The zero-order valence-electron chi connectivity index (χ0n) is 11.6. The molecule has 3 rings (SSSR count). The first-order chi connectivity index (χ1) is 10.3. The lowest BCUT2D eigenvalue weighted by molar-refractivity contribution is 0.675. The second-order valence-corrected chi connectivity index (χ2v) is 6.28. The Morgan fingerprint density at radius 3 is 2.62 bits per heavy atom. The van der Waals surface area contributed by atoms with Gasteiger partial charge in [-0.15, -0.1) is 11.6 Å². The number of hydrogen-bond acceptors (Lipinski definition) is 1. The predicted molar refractivity (Wildman–Crippen MR) is 92.0 cm³/mol. The largest absolute Gasteiger partial charge is 0.328 e. The van der Waals surface area contributed by atoms with Gasteiger partial charge < -0.3 is 4.57 Å². The van der Waals surface area contributed by atoms with Gasteiger partial charge in [-0.2, -0.15) is 0 Å². The van der Waals surface area contributed by atoms with Crippen molar-refractivity contribution in [1.82, 2.24) is 9.55 Å². The minimum atomic E-state index is 0.593. The van der Waals surface area contributed by atoms with Crippen molar-refractivity contribution in [3.8, 4) is 0 Å². The quantitative estimate of drug-likeness (QED) is 0.594. The van der Waals surface area contributed by atoms with Gasteiger partial charge in [0, 0.05) is 23.3 Å². The van der Waals surface area contributed by atoms with Crippen molar-refractivity contribution >= 4 is 38.6 Å². The van der Waals surface area contributed by atoms with E-state index in [1.807, 2.05) is 12.1 Å². The van der Waals surface area contributed by atoms with Crippen LogP contribution in [0.5, 0.6) is 0 Å². The molecular weight excluding hydrogens is 348 g/mol. The van der Waals surface area contributed by atoms with Crippen molar-refractivity contribution in [1.29, 1.82) is 0 Å². The van der Waals surface area contributed by atoms with Crippen molar-refractivity contribution in [2.45, 2.75) is 19.4 Å². The average Bonchev–Trinajstić information content (AvgIpc) is 2.83. The summed E-state index contributed by atoms with van der Waals surface area (Å²) in [5, 5.41) is 0. The fourth-order valence-electron chi connectivity index (χ4n) is 2.56. The molecule has 0 amide bonds. The first-order valence-electron chi connectivity index (χ1n) is 7.02. The topological polar surface area (TPSA) is 17.8 Å². The minimum absolute atomic E-state index is 0.593. The molecule has 0 spiro atoms. The Bertz CT molecular complexity index is 737. The van der Waals surface area contributed by atoms with E-state index in [0.717, 1.165) is 35.2 Å². The summed E-state index contributed by atoms with van der Waals surface area (Å²) in [4.78, 5) is 4.71. The van der Waals surface area contributed by atoms with Gasteiger partial charge in [-0.25, -0.2) is 4.98 Å². The van der Waals surface area contributed by atoms with Gasteiger partial charge >= 0.3 is 0 Å². The van der Waals surface area contributed by atoms with Gasteiger partial charge in [0.15, 0.2) is 0 Å². The van der Waals surface area contributed by atoms with Crippen molar-refractivity contribution in [2.75, 3.05) is 5.88 Å². The number of fused-ring (bicyclic) bond motifs is 1. The van der Waals surface area contributed by atoms with E-state index in [1.54, 1.807) is 0 Å². The Kier molecular flexibility index (Phi) is 4.61. The summed E-state index contributed by atoms with van der Waals surface area (Å²) in [5.74, 6) is 1.66. The fraction of sp³-hybridized carbons (Fsp3) is 0.235. The number of hydrogen-bond donors (Lipinski definition) is 0. The summed E-state index contributed by atoms with van der Waals surface area (Å²) in [7, 11) is 0. The molecule has 1 heterocycles. The van der Waals surface area contributed by atoms with Crippen LogP contribution in [0, 0.1) is 0 Å². The van der Waals surface area contributed by atoms with Gasteiger partial charge in [0.25, 0.3) is 0 Å². The van der Waals surface area contributed by atoms with Crippen molar-refractivity contribution in [3.63, 3.8) is 0 Å². The highest BCUT2D eigenvalue weighted by Gasteiger charge is 2.10. The summed E-state index contributed by atoms with van der Waals surface area (Å²) in [5.41, 5.74) is 3.54. The molecular formula is C17H16BrClN2. The zero-order chi connectivity index (χ0) is 14.7. The number of halogens is 2. The van der Waals surface area contributed by atoms with Crippen LogP contribution in [0.4, 0.5) is 0 Å². The van der Waals surface area contributed by atoms with Crippen molar-refractivity contribution < 1.29 is 0 Å². The van der Waals surface area contributed by atoms with Crippen LogP contribution in [-0.2, 0) is 19.4 Å². The number of aryl methyl sites for hydroxylation is 3. The molecule has 0 fully saturated rings. The second kappa shape index (κ2) is 6.63. The number of imidazole rings is 1. The first-order valence-corrected chi connectivity index (χ1v) is 8.35. The molecule has 2 nitrogen and oxygen atoms in total. The highest BCUT2D eigenvalue weighted by Crippen LogP contribution is 2.22. The van der Waals surface area contributed by atoms with Crippen LogP contribution in [0.25, 0.3) is 11.0 Å². The Morgan fingerprint density at radius 2 is 1.86 bits per heavy atom. The summed E-state index contributed by atoms with van der Waals surface area (Å²) in [6, 6.07) is 16.7. The van der Waals surface area contributed by atoms with Gasteiger partial charge in [0.2, 0.25) is 0 Å².